The van der Waals surface area contributed by atoms with Crippen LogP contribution in [0, 0.1) is 0 Å². The SMILES string of the molecule is COC(=O)[C@H](C)NP(=O)(CCCN(C)C(=O)c1c2c(c(O)c3ncccc13)C(=O)NC2)Oc1ccccc1. The van der Waals surface area contributed by atoms with E-state index in [9.17, 15) is 24.1 Å². The summed E-state index contributed by atoms with van der Waals surface area (Å²) in [5, 5.41) is 16.5. The van der Waals surface area contributed by atoms with Crippen LogP contribution in [0.4, 0.5) is 0 Å². The highest BCUT2D eigenvalue weighted by Crippen LogP contribution is 2.44. The topological polar surface area (TPSA) is 147 Å². The standard InChI is InChI=1S/C26H29N4O7P/c1-16(26(34)36-3)29-38(35,37-17-9-5-4-6-10-17)14-8-13-30(2)25(33)20-18-11-7-12-27-22(18)23(31)21-19(20)15-28-24(21)32/h4-7,9-12,16,31H,8,13-15H2,1-3H3,(H,28,32)(H,29,35)/t16-,38?/m0/s1. The Bertz CT molecular complexity index is 1430. The first-order valence-corrected chi connectivity index (χ1v) is 13.8. The molecule has 2 heterocycles. The van der Waals surface area contributed by atoms with E-state index in [4.69, 9.17) is 9.26 Å². The summed E-state index contributed by atoms with van der Waals surface area (Å²) in [5.74, 6) is -1.30. The van der Waals surface area contributed by atoms with Crippen LogP contribution in [0.3, 0.4) is 0 Å². The van der Waals surface area contributed by atoms with Gasteiger partial charge in [0.05, 0.1) is 24.4 Å². The Balaban J connectivity index is 1.54. The number of ether oxygens (including phenoxy) is 1. The van der Waals surface area contributed by atoms with Crippen molar-refractivity contribution in [3.63, 3.8) is 0 Å². The van der Waals surface area contributed by atoms with Crippen molar-refractivity contribution in [1.29, 1.82) is 0 Å². The number of aromatic nitrogens is 1. The Morgan fingerprint density at radius 1 is 1.24 bits per heavy atom. The fourth-order valence-corrected chi connectivity index (χ4v) is 6.38. The van der Waals surface area contributed by atoms with Gasteiger partial charge in [-0.2, -0.15) is 0 Å². The highest BCUT2D eigenvalue weighted by molar-refractivity contribution is 7.57. The number of carbonyl (C=O) groups excluding carboxylic acids is 3. The number of pyridine rings is 1. The van der Waals surface area contributed by atoms with Gasteiger partial charge in [-0.3, -0.25) is 23.9 Å². The Hall–Kier alpha value is -3.95. The third kappa shape index (κ3) is 5.49. The molecule has 0 aliphatic carbocycles. The second-order valence-electron chi connectivity index (χ2n) is 8.91. The monoisotopic (exact) mass is 540 g/mol. The van der Waals surface area contributed by atoms with Gasteiger partial charge in [0.1, 0.15) is 17.3 Å². The Labute approximate surface area is 219 Å². The smallest absolute Gasteiger partial charge is 0.323 e. The highest BCUT2D eigenvalue weighted by Gasteiger charge is 2.33. The molecule has 0 fully saturated rings. The number of nitrogens with zero attached hydrogens (tertiary/aromatic N) is 2. The number of fused-ring (bicyclic) bond motifs is 2. The largest absolute Gasteiger partial charge is 0.505 e. The van der Waals surface area contributed by atoms with Crippen LogP contribution in [0.2, 0.25) is 0 Å². The second-order valence-corrected chi connectivity index (χ2v) is 11.1. The molecule has 0 radical (unpaired) electrons. The van der Waals surface area contributed by atoms with Gasteiger partial charge in [-0.05, 0) is 31.5 Å². The number of phenols is 1. The number of aromatic hydroxyl groups is 1. The zero-order chi connectivity index (χ0) is 27.4. The summed E-state index contributed by atoms with van der Waals surface area (Å²) in [5.41, 5.74) is 0.913. The number of hydrogen-bond donors (Lipinski definition) is 3. The van der Waals surface area contributed by atoms with Crippen molar-refractivity contribution in [1.82, 2.24) is 20.3 Å². The molecule has 0 saturated carbocycles. The summed E-state index contributed by atoms with van der Waals surface area (Å²) in [6, 6.07) is 11.0. The molecule has 200 valence electrons. The van der Waals surface area contributed by atoms with Gasteiger partial charge in [0.15, 0.2) is 5.75 Å². The summed E-state index contributed by atoms with van der Waals surface area (Å²) < 4.78 is 24.2. The number of benzene rings is 2. The van der Waals surface area contributed by atoms with E-state index < -0.39 is 25.4 Å². The van der Waals surface area contributed by atoms with Gasteiger partial charge in [0, 0.05) is 37.3 Å². The van der Waals surface area contributed by atoms with Crippen LogP contribution in [0.5, 0.6) is 11.5 Å². The molecule has 11 nitrogen and oxygen atoms in total. The molecule has 1 aromatic heterocycles. The molecule has 2 atom stereocenters. The Morgan fingerprint density at radius 2 is 1.97 bits per heavy atom. The number of hydrogen-bond acceptors (Lipinski definition) is 8. The molecular formula is C26H29N4O7P. The van der Waals surface area contributed by atoms with Crippen molar-refractivity contribution in [3.05, 3.63) is 65.4 Å². The first-order chi connectivity index (χ1) is 18.1. The molecular weight excluding hydrogens is 511 g/mol. The summed E-state index contributed by atoms with van der Waals surface area (Å²) in [6.45, 7) is 1.84. The molecule has 4 rings (SSSR count). The van der Waals surface area contributed by atoms with E-state index >= 15 is 0 Å². The van der Waals surface area contributed by atoms with Crippen molar-refractivity contribution in [2.45, 2.75) is 25.9 Å². The van der Waals surface area contributed by atoms with Gasteiger partial charge in [-0.15, -0.1) is 0 Å². The van der Waals surface area contributed by atoms with Crippen LogP contribution in [0.1, 0.15) is 39.6 Å². The third-order valence-electron chi connectivity index (χ3n) is 6.24. The molecule has 0 saturated heterocycles. The van der Waals surface area contributed by atoms with Crippen LogP contribution >= 0.6 is 7.52 Å². The molecule has 1 aliphatic heterocycles. The van der Waals surface area contributed by atoms with Crippen molar-refractivity contribution in [2.24, 2.45) is 0 Å². The Morgan fingerprint density at radius 3 is 2.68 bits per heavy atom. The molecule has 12 heteroatoms. The van der Waals surface area contributed by atoms with Crippen LogP contribution in [-0.2, 0) is 20.6 Å². The lowest BCUT2D eigenvalue weighted by Crippen LogP contribution is -2.35. The average Bonchev–Trinajstić information content (AvgIpc) is 3.29. The summed E-state index contributed by atoms with van der Waals surface area (Å²) in [7, 11) is -0.735. The van der Waals surface area contributed by atoms with E-state index in [0.29, 0.717) is 16.7 Å². The van der Waals surface area contributed by atoms with Crippen LogP contribution in [0.15, 0.2) is 48.7 Å². The minimum absolute atomic E-state index is 0.0247. The number of rotatable bonds is 10. The molecule has 0 bridgehead atoms. The van der Waals surface area contributed by atoms with Crippen LogP contribution < -0.4 is 14.9 Å². The van der Waals surface area contributed by atoms with Gasteiger partial charge in [0.25, 0.3) is 11.8 Å². The van der Waals surface area contributed by atoms with Crippen molar-refractivity contribution in [2.75, 3.05) is 26.9 Å². The maximum atomic E-state index is 13.7. The molecule has 0 spiro atoms. The Kier molecular flexibility index (Phi) is 7.99. The number of methoxy groups -OCH3 is 1. The second kappa shape index (κ2) is 11.2. The van der Waals surface area contributed by atoms with Gasteiger partial charge < -0.3 is 24.6 Å². The first-order valence-electron chi connectivity index (χ1n) is 12.0. The molecule has 3 N–H and O–H groups in total. The lowest BCUT2D eigenvalue weighted by Gasteiger charge is -2.25. The average molecular weight is 541 g/mol. The van der Waals surface area contributed by atoms with E-state index in [1.165, 1.54) is 25.1 Å². The molecule has 3 aromatic rings. The van der Waals surface area contributed by atoms with E-state index in [1.807, 2.05) is 0 Å². The van der Waals surface area contributed by atoms with Crippen molar-refractivity contribution < 1.29 is 33.3 Å². The van der Waals surface area contributed by atoms with E-state index in [0.717, 1.165) is 0 Å². The first kappa shape index (κ1) is 27.1. The van der Waals surface area contributed by atoms with Crippen LogP contribution in [-0.4, -0.2) is 65.7 Å². The minimum atomic E-state index is -3.58. The number of carbonyl (C=O) groups is 3. The van der Waals surface area contributed by atoms with Gasteiger partial charge >= 0.3 is 13.5 Å². The van der Waals surface area contributed by atoms with Crippen molar-refractivity contribution in [3.8, 4) is 11.5 Å². The maximum absolute atomic E-state index is 13.7. The quantitative estimate of drug-likeness (QED) is 0.261. The third-order valence-corrected chi connectivity index (χ3v) is 8.43. The fourth-order valence-electron chi connectivity index (χ4n) is 4.39. The van der Waals surface area contributed by atoms with Crippen molar-refractivity contribution >= 4 is 36.2 Å². The zero-order valence-corrected chi connectivity index (χ0v) is 22.2. The fraction of sp³-hybridized carbons (Fsp3) is 0.308. The molecule has 38 heavy (non-hydrogen) atoms. The number of nitrogens with one attached hydrogen (secondary N) is 2. The summed E-state index contributed by atoms with van der Waals surface area (Å²) in [4.78, 5) is 43.5. The molecule has 1 aliphatic rings. The summed E-state index contributed by atoms with van der Waals surface area (Å²) >= 11 is 0. The lowest BCUT2D eigenvalue weighted by atomic mass is 9.95. The highest BCUT2D eigenvalue weighted by atomic mass is 31.2. The zero-order valence-electron chi connectivity index (χ0n) is 21.3. The maximum Gasteiger partial charge on any atom is 0.323 e. The predicted octanol–water partition coefficient (Wildman–Crippen LogP) is 3.07. The molecule has 2 aromatic carbocycles. The van der Waals surface area contributed by atoms with E-state index in [-0.39, 0.29) is 54.0 Å². The number of amides is 2. The number of para-hydroxylation sites is 1. The minimum Gasteiger partial charge on any atom is -0.505 e. The van der Waals surface area contributed by atoms with Gasteiger partial charge in [-0.1, -0.05) is 24.3 Å². The number of phenolic OH excluding ortho intramolecular Hbond substituents is 1. The van der Waals surface area contributed by atoms with E-state index in [2.05, 4.69) is 15.4 Å². The number of esters is 1. The molecule has 1 unspecified atom stereocenters. The van der Waals surface area contributed by atoms with Gasteiger partial charge in [-0.25, -0.2) is 5.09 Å². The van der Waals surface area contributed by atoms with Crippen LogP contribution in [0.25, 0.3) is 10.9 Å². The predicted molar refractivity (Wildman–Crippen MR) is 140 cm³/mol. The van der Waals surface area contributed by atoms with Gasteiger partial charge in [0.2, 0.25) is 0 Å². The lowest BCUT2D eigenvalue weighted by molar-refractivity contribution is -0.142. The normalized spacial score (nSPS) is 14.8. The molecule has 2 amide bonds. The van der Waals surface area contributed by atoms with E-state index in [1.54, 1.807) is 49.5 Å². The summed E-state index contributed by atoms with van der Waals surface area (Å²) in [6.07, 6.45) is 1.78.